The van der Waals surface area contributed by atoms with Crippen molar-refractivity contribution in [2.24, 2.45) is 0 Å². The number of pyridine rings is 1. The summed E-state index contributed by atoms with van der Waals surface area (Å²) in [5, 5.41) is 15.2. The number of aromatic nitrogens is 1. The van der Waals surface area contributed by atoms with E-state index in [1.165, 1.54) is 5.19 Å². The molecular formula is C19H25FN3O3Si. The molecule has 0 aliphatic rings. The third-order valence-corrected chi connectivity index (χ3v) is 6.57. The van der Waals surface area contributed by atoms with E-state index in [1.54, 1.807) is 0 Å². The SMILES string of the molecule is CC(C)(C)[Si](OCCCCNc1ncc(F)cc1[N+](=O)[O-])c1ccccc1. The summed E-state index contributed by atoms with van der Waals surface area (Å²) in [6.07, 6.45) is 2.56. The molecule has 6 nitrogen and oxygen atoms in total. The average molecular weight is 391 g/mol. The molecule has 1 heterocycles. The predicted molar refractivity (Wildman–Crippen MR) is 106 cm³/mol. The molecule has 0 saturated carbocycles. The molecule has 145 valence electrons. The lowest BCUT2D eigenvalue weighted by Crippen LogP contribution is -2.41. The molecule has 1 aromatic heterocycles. The number of nitro groups is 1. The maximum Gasteiger partial charge on any atom is 0.314 e. The van der Waals surface area contributed by atoms with Crippen LogP contribution in [0.2, 0.25) is 5.04 Å². The summed E-state index contributed by atoms with van der Waals surface area (Å²) >= 11 is 0. The van der Waals surface area contributed by atoms with Gasteiger partial charge in [-0.15, -0.1) is 0 Å². The molecule has 0 amide bonds. The third-order valence-electron chi connectivity index (χ3n) is 3.86. The Morgan fingerprint density at radius 2 is 1.96 bits per heavy atom. The number of hydrogen-bond donors (Lipinski definition) is 1. The number of hydrogen-bond acceptors (Lipinski definition) is 5. The predicted octanol–water partition coefficient (Wildman–Crippen LogP) is 4.04. The van der Waals surface area contributed by atoms with Crippen LogP contribution in [0.4, 0.5) is 15.9 Å². The van der Waals surface area contributed by atoms with E-state index in [0.29, 0.717) is 13.2 Å². The minimum Gasteiger partial charge on any atom is -0.411 e. The zero-order chi connectivity index (χ0) is 19.9. The standard InChI is InChI=1S/C19H25FN3O3Si/c1-19(2,3)27(16-9-5-4-6-10-16)26-12-8-7-11-21-18-17(23(24)25)13-15(20)14-22-18/h4-6,9-10,13-14H,7-8,11-12H2,1-3H3,(H,21,22). The second-order valence-electron chi connectivity index (χ2n) is 7.21. The molecule has 1 radical (unpaired) electrons. The fraction of sp³-hybridized carbons (Fsp3) is 0.421. The molecule has 0 atom stereocenters. The van der Waals surface area contributed by atoms with Crippen LogP contribution in [0.5, 0.6) is 0 Å². The highest BCUT2D eigenvalue weighted by molar-refractivity contribution is 6.70. The van der Waals surface area contributed by atoms with Crippen LogP contribution in [0.1, 0.15) is 33.6 Å². The molecule has 1 aromatic carbocycles. The maximum atomic E-state index is 13.1. The van der Waals surface area contributed by atoms with Gasteiger partial charge in [0.2, 0.25) is 5.82 Å². The van der Waals surface area contributed by atoms with Gasteiger partial charge in [-0.1, -0.05) is 51.1 Å². The monoisotopic (exact) mass is 390 g/mol. The summed E-state index contributed by atoms with van der Waals surface area (Å²) in [6, 6.07) is 11.2. The first-order valence-electron chi connectivity index (χ1n) is 8.88. The molecule has 0 saturated heterocycles. The lowest BCUT2D eigenvalue weighted by Gasteiger charge is -2.28. The van der Waals surface area contributed by atoms with Gasteiger partial charge in [-0.3, -0.25) is 10.1 Å². The van der Waals surface area contributed by atoms with E-state index in [0.717, 1.165) is 25.1 Å². The van der Waals surface area contributed by atoms with Gasteiger partial charge in [0, 0.05) is 13.2 Å². The lowest BCUT2D eigenvalue weighted by molar-refractivity contribution is -0.384. The van der Waals surface area contributed by atoms with Gasteiger partial charge in [0.15, 0.2) is 0 Å². The molecule has 0 unspecified atom stereocenters. The van der Waals surface area contributed by atoms with E-state index in [2.05, 4.69) is 43.2 Å². The van der Waals surface area contributed by atoms with Crippen LogP contribution in [-0.2, 0) is 4.43 Å². The highest BCUT2D eigenvalue weighted by Gasteiger charge is 2.30. The first-order chi connectivity index (χ1) is 12.8. The molecule has 1 N–H and O–H groups in total. The molecule has 0 bridgehead atoms. The summed E-state index contributed by atoms with van der Waals surface area (Å²) in [5.41, 5.74) is -0.353. The first-order valence-corrected chi connectivity index (χ1v) is 10.3. The molecule has 8 heteroatoms. The van der Waals surface area contributed by atoms with Gasteiger partial charge < -0.3 is 9.74 Å². The largest absolute Gasteiger partial charge is 0.411 e. The van der Waals surface area contributed by atoms with Gasteiger partial charge in [-0.25, -0.2) is 9.37 Å². The number of nitrogens with one attached hydrogen (secondary N) is 1. The van der Waals surface area contributed by atoms with Crippen LogP contribution in [0.25, 0.3) is 0 Å². The number of rotatable bonds is 9. The van der Waals surface area contributed by atoms with Crippen molar-refractivity contribution >= 4 is 25.7 Å². The van der Waals surface area contributed by atoms with Crippen LogP contribution in [0, 0.1) is 15.9 Å². The molecule has 0 spiro atoms. The van der Waals surface area contributed by atoms with Gasteiger partial charge in [-0.2, -0.15) is 0 Å². The quantitative estimate of drug-likeness (QED) is 0.303. The zero-order valence-electron chi connectivity index (χ0n) is 15.9. The minimum absolute atomic E-state index is 0.0723. The van der Waals surface area contributed by atoms with Crippen molar-refractivity contribution in [1.82, 2.24) is 4.98 Å². The van der Waals surface area contributed by atoms with Gasteiger partial charge in [0.05, 0.1) is 17.2 Å². The van der Waals surface area contributed by atoms with Crippen molar-refractivity contribution in [3.8, 4) is 0 Å². The van der Waals surface area contributed by atoms with E-state index >= 15 is 0 Å². The fourth-order valence-electron chi connectivity index (χ4n) is 2.63. The van der Waals surface area contributed by atoms with Gasteiger partial charge >= 0.3 is 5.69 Å². The van der Waals surface area contributed by atoms with Crippen molar-refractivity contribution < 1.29 is 13.7 Å². The van der Waals surface area contributed by atoms with Gasteiger partial charge in [-0.05, 0) is 23.1 Å². The molecule has 2 rings (SSSR count). The Kier molecular flexibility index (Phi) is 7.43. The lowest BCUT2D eigenvalue weighted by atomic mass is 10.2. The summed E-state index contributed by atoms with van der Waals surface area (Å²) in [5.74, 6) is -0.635. The van der Waals surface area contributed by atoms with Crippen LogP contribution < -0.4 is 10.5 Å². The number of nitrogens with zero attached hydrogens (tertiary/aromatic N) is 2. The Balaban J connectivity index is 1.81. The van der Waals surface area contributed by atoms with Crippen LogP contribution in [0.15, 0.2) is 42.6 Å². The average Bonchev–Trinajstić information content (AvgIpc) is 2.61. The molecule has 0 aliphatic heterocycles. The molecule has 0 fully saturated rings. The van der Waals surface area contributed by atoms with E-state index in [4.69, 9.17) is 4.43 Å². The summed E-state index contributed by atoms with van der Waals surface area (Å²) in [4.78, 5) is 14.1. The molecule has 27 heavy (non-hydrogen) atoms. The van der Waals surface area contributed by atoms with Crippen LogP contribution in [0.3, 0.4) is 0 Å². The molecule has 0 aliphatic carbocycles. The summed E-state index contributed by atoms with van der Waals surface area (Å²) in [6.45, 7) is 7.70. The fourth-order valence-corrected chi connectivity index (χ4v) is 4.94. The topological polar surface area (TPSA) is 77.3 Å². The Bertz CT molecular complexity index is 754. The van der Waals surface area contributed by atoms with Crippen LogP contribution >= 0.6 is 0 Å². The second-order valence-corrected chi connectivity index (χ2v) is 10.2. The Morgan fingerprint density at radius 3 is 2.59 bits per heavy atom. The van der Waals surface area contributed by atoms with E-state index in [1.807, 2.05) is 18.2 Å². The number of unbranched alkanes of at least 4 members (excludes halogenated alkanes) is 1. The molecule has 2 aromatic rings. The summed E-state index contributed by atoms with van der Waals surface area (Å²) < 4.78 is 19.3. The smallest absolute Gasteiger partial charge is 0.314 e. The van der Waals surface area contributed by atoms with E-state index < -0.39 is 19.8 Å². The van der Waals surface area contributed by atoms with Crippen molar-refractivity contribution in [2.75, 3.05) is 18.5 Å². The minimum atomic E-state index is -1.16. The second kappa shape index (κ2) is 9.57. The highest BCUT2D eigenvalue weighted by atomic mass is 28.3. The Morgan fingerprint density at radius 1 is 1.26 bits per heavy atom. The van der Waals surface area contributed by atoms with Crippen LogP contribution in [-0.4, -0.2) is 32.1 Å². The first kappa shape index (κ1) is 21.0. The number of anilines is 1. The van der Waals surface area contributed by atoms with Crippen molar-refractivity contribution in [3.05, 3.63) is 58.5 Å². The number of halogens is 1. The third kappa shape index (κ3) is 6.41. The van der Waals surface area contributed by atoms with Gasteiger partial charge in [0.1, 0.15) is 5.82 Å². The van der Waals surface area contributed by atoms with Crippen molar-refractivity contribution in [3.63, 3.8) is 0 Å². The number of benzene rings is 1. The maximum absolute atomic E-state index is 13.1. The summed E-state index contributed by atoms with van der Waals surface area (Å²) in [7, 11) is -1.16. The van der Waals surface area contributed by atoms with E-state index in [-0.39, 0.29) is 16.5 Å². The van der Waals surface area contributed by atoms with E-state index in [9.17, 15) is 14.5 Å². The van der Waals surface area contributed by atoms with Crippen molar-refractivity contribution in [2.45, 2.75) is 38.7 Å². The van der Waals surface area contributed by atoms with Crippen molar-refractivity contribution in [1.29, 1.82) is 0 Å². The normalized spacial score (nSPS) is 11.6. The zero-order valence-corrected chi connectivity index (χ0v) is 16.9. The van der Waals surface area contributed by atoms with Gasteiger partial charge in [0.25, 0.3) is 9.04 Å². The molecular weight excluding hydrogens is 365 g/mol. The highest BCUT2D eigenvalue weighted by Crippen LogP contribution is 2.27. The Labute approximate surface area is 160 Å². The Hall–Kier alpha value is -2.32.